The molecule has 0 amide bonds. The number of hydrogen-bond donors (Lipinski definition) is 0. The van der Waals surface area contributed by atoms with Gasteiger partial charge in [0, 0.05) is 25.3 Å². The molecule has 20 heavy (non-hydrogen) atoms. The van der Waals surface area contributed by atoms with E-state index in [2.05, 4.69) is 16.8 Å². The van der Waals surface area contributed by atoms with Crippen molar-refractivity contribution in [2.24, 2.45) is 10.1 Å². The van der Waals surface area contributed by atoms with E-state index in [0.29, 0.717) is 19.0 Å². The molecule has 0 atom stereocenters. The van der Waals surface area contributed by atoms with E-state index in [-0.39, 0.29) is 6.42 Å². The summed E-state index contributed by atoms with van der Waals surface area (Å²) in [5.74, 6) is 0.606. The van der Waals surface area contributed by atoms with Gasteiger partial charge in [-0.25, -0.2) is 5.01 Å². The lowest BCUT2D eigenvalue weighted by Crippen LogP contribution is -2.22. The van der Waals surface area contributed by atoms with Crippen molar-refractivity contribution < 1.29 is 9.53 Å². The Balaban J connectivity index is 2.41. The summed E-state index contributed by atoms with van der Waals surface area (Å²) in [6.07, 6.45) is 10.8. The Bertz CT molecular complexity index is 489. The zero-order valence-electron chi connectivity index (χ0n) is 11.5. The topological polar surface area (TPSA) is 54.3 Å². The molecule has 1 saturated heterocycles. The summed E-state index contributed by atoms with van der Waals surface area (Å²) in [5, 5.41) is 5.72. The van der Waals surface area contributed by atoms with E-state index in [1.54, 1.807) is 5.01 Å². The summed E-state index contributed by atoms with van der Waals surface area (Å²) in [7, 11) is 0. The van der Waals surface area contributed by atoms with Crippen LogP contribution < -0.4 is 0 Å². The number of nitrogens with zero attached hydrogens (tertiary/aromatic N) is 3. The molecule has 106 valence electrons. The van der Waals surface area contributed by atoms with Crippen LogP contribution in [0.5, 0.6) is 0 Å². The third-order valence-electron chi connectivity index (χ3n) is 3.13. The maximum atomic E-state index is 11.0. The molecule has 0 unspecified atom stereocenters. The van der Waals surface area contributed by atoms with Gasteiger partial charge in [-0.15, -0.1) is 0 Å². The molecule has 2 aliphatic heterocycles. The van der Waals surface area contributed by atoms with Crippen molar-refractivity contribution >= 4 is 18.7 Å². The van der Waals surface area contributed by atoms with Gasteiger partial charge in [0.2, 0.25) is 5.88 Å². The lowest BCUT2D eigenvalue weighted by Gasteiger charge is -2.21. The Morgan fingerprint density at radius 3 is 3.20 bits per heavy atom. The summed E-state index contributed by atoms with van der Waals surface area (Å²) in [6, 6.07) is 0. The molecule has 0 saturated carbocycles. The third kappa shape index (κ3) is 3.44. The summed E-state index contributed by atoms with van der Waals surface area (Å²) < 4.78 is 5.79. The largest absolute Gasteiger partial charge is 0.478 e. The van der Waals surface area contributed by atoms with E-state index in [1.807, 2.05) is 24.3 Å². The predicted octanol–water partition coefficient (Wildman–Crippen LogP) is 2.08. The number of hydrazone groups is 1. The van der Waals surface area contributed by atoms with Crippen LogP contribution in [0, 0.1) is 0 Å². The fraction of sp³-hybridized carbons (Fsp3) is 0.400. The lowest BCUT2D eigenvalue weighted by atomic mass is 10.1. The van der Waals surface area contributed by atoms with E-state index in [4.69, 9.17) is 4.74 Å². The number of aliphatic imine (C=N–C) groups is 1. The number of hydrogen-bond acceptors (Lipinski definition) is 5. The van der Waals surface area contributed by atoms with E-state index in [9.17, 15) is 4.79 Å². The fourth-order valence-electron chi connectivity index (χ4n) is 2.16. The smallest absolute Gasteiger partial charge is 0.215 e. The molecule has 0 aromatic carbocycles. The number of aldehydes is 1. The molecular formula is C15H19N3O2. The first-order valence-corrected chi connectivity index (χ1v) is 6.78. The molecule has 0 spiro atoms. The normalized spacial score (nSPS) is 21.4. The molecule has 0 aromatic heterocycles. The van der Waals surface area contributed by atoms with E-state index >= 15 is 0 Å². The lowest BCUT2D eigenvalue weighted by molar-refractivity contribution is -0.107. The third-order valence-corrected chi connectivity index (χ3v) is 3.13. The summed E-state index contributed by atoms with van der Waals surface area (Å²) in [5.41, 5.74) is 1.54. The average Bonchev–Trinajstić information content (AvgIpc) is 2.87. The van der Waals surface area contributed by atoms with Crippen LogP contribution in [0.4, 0.5) is 0 Å². The van der Waals surface area contributed by atoms with Crippen LogP contribution in [-0.2, 0) is 9.53 Å². The Labute approximate surface area is 119 Å². The molecule has 5 nitrogen and oxygen atoms in total. The minimum atomic E-state index is 0.254. The second-order valence-electron chi connectivity index (χ2n) is 4.49. The maximum absolute atomic E-state index is 11.0. The van der Waals surface area contributed by atoms with Gasteiger partial charge in [0.15, 0.2) is 0 Å². The Kier molecular flexibility index (Phi) is 5.29. The first kappa shape index (κ1) is 14.2. The van der Waals surface area contributed by atoms with Gasteiger partial charge in [-0.1, -0.05) is 18.2 Å². The zero-order chi connectivity index (χ0) is 14.2. The highest BCUT2D eigenvalue weighted by molar-refractivity contribution is 6.10. The standard InChI is InChI=1S/C15H19N3O2/c1-16-18-10-5-6-12-20-15(18)13(8-11-19)14-7-3-2-4-9-17-14/h2-4,7,11H,1,5-6,8-10,12H2/b15-13-. The van der Waals surface area contributed by atoms with E-state index in [0.717, 1.165) is 37.0 Å². The Morgan fingerprint density at radius 2 is 2.40 bits per heavy atom. The molecule has 2 rings (SSSR count). The highest BCUT2D eigenvalue weighted by atomic mass is 16.5. The number of rotatable bonds is 4. The Morgan fingerprint density at radius 1 is 1.50 bits per heavy atom. The number of carbonyl (C=O) groups is 1. The van der Waals surface area contributed by atoms with Crippen molar-refractivity contribution in [3.05, 3.63) is 35.8 Å². The van der Waals surface area contributed by atoms with Gasteiger partial charge in [0.05, 0.1) is 18.9 Å². The van der Waals surface area contributed by atoms with Crippen LogP contribution >= 0.6 is 0 Å². The van der Waals surface area contributed by atoms with Crippen molar-refractivity contribution in [1.29, 1.82) is 0 Å². The highest BCUT2D eigenvalue weighted by Crippen LogP contribution is 2.21. The second-order valence-corrected chi connectivity index (χ2v) is 4.49. The molecule has 1 fully saturated rings. The molecule has 0 N–H and O–H groups in total. The van der Waals surface area contributed by atoms with Crippen LogP contribution in [0.25, 0.3) is 0 Å². The average molecular weight is 273 g/mol. The monoisotopic (exact) mass is 273 g/mol. The minimum absolute atomic E-state index is 0.254. The summed E-state index contributed by atoms with van der Waals surface area (Å²) >= 11 is 0. The molecule has 0 radical (unpaired) electrons. The van der Waals surface area contributed by atoms with Crippen molar-refractivity contribution in [3.63, 3.8) is 0 Å². The van der Waals surface area contributed by atoms with Crippen LogP contribution in [0.1, 0.15) is 19.3 Å². The van der Waals surface area contributed by atoms with Crippen LogP contribution in [0.3, 0.4) is 0 Å². The minimum Gasteiger partial charge on any atom is -0.478 e. The van der Waals surface area contributed by atoms with Crippen molar-refractivity contribution in [3.8, 4) is 0 Å². The molecule has 5 heteroatoms. The van der Waals surface area contributed by atoms with Gasteiger partial charge >= 0.3 is 0 Å². The first-order chi connectivity index (χ1) is 9.86. The number of carbonyl (C=O) groups excluding carboxylic acids is 1. The van der Waals surface area contributed by atoms with E-state index < -0.39 is 0 Å². The van der Waals surface area contributed by atoms with Crippen LogP contribution in [0.2, 0.25) is 0 Å². The Hall–Kier alpha value is -2.17. The highest BCUT2D eigenvalue weighted by Gasteiger charge is 2.21. The molecule has 0 aliphatic carbocycles. The number of allylic oxidation sites excluding steroid dienone is 4. The first-order valence-electron chi connectivity index (χ1n) is 6.78. The molecule has 0 bridgehead atoms. The number of ether oxygens (including phenoxy) is 1. The predicted molar refractivity (Wildman–Crippen MR) is 79.7 cm³/mol. The molecule has 0 aromatic rings. The van der Waals surface area contributed by atoms with Crippen LogP contribution in [0.15, 0.2) is 45.9 Å². The van der Waals surface area contributed by atoms with Crippen molar-refractivity contribution in [2.75, 3.05) is 19.7 Å². The second kappa shape index (κ2) is 7.43. The van der Waals surface area contributed by atoms with Gasteiger partial charge in [-0.2, -0.15) is 5.10 Å². The van der Waals surface area contributed by atoms with Gasteiger partial charge < -0.3 is 9.53 Å². The summed E-state index contributed by atoms with van der Waals surface area (Å²) in [6.45, 7) is 5.55. The van der Waals surface area contributed by atoms with Crippen molar-refractivity contribution in [1.82, 2.24) is 5.01 Å². The SMILES string of the molecule is C=NN1CCCCO/C1=C(/CC=O)C1=NCC=CC=C1. The molecule has 2 aliphatic rings. The van der Waals surface area contributed by atoms with Crippen molar-refractivity contribution in [2.45, 2.75) is 19.3 Å². The van der Waals surface area contributed by atoms with Gasteiger partial charge in [-0.3, -0.25) is 4.99 Å². The molecular weight excluding hydrogens is 254 g/mol. The maximum Gasteiger partial charge on any atom is 0.215 e. The van der Waals surface area contributed by atoms with Crippen LogP contribution in [-0.4, -0.2) is 43.4 Å². The fourth-order valence-corrected chi connectivity index (χ4v) is 2.16. The molecule has 2 heterocycles. The quantitative estimate of drug-likeness (QED) is 0.582. The summed E-state index contributed by atoms with van der Waals surface area (Å²) in [4.78, 5) is 15.5. The van der Waals surface area contributed by atoms with Gasteiger partial charge in [0.1, 0.15) is 6.29 Å². The van der Waals surface area contributed by atoms with Gasteiger partial charge in [0.25, 0.3) is 0 Å². The zero-order valence-corrected chi connectivity index (χ0v) is 11.5. The van der Waals surface area contributed by atoms with E-state index in [1.165, 1.54) is 0 Å². The van der Waals surface area contributed by atoms with Gasteiger partial charge in [-0.05, 0) is 18.9 Å².